The second-order valence-electron chi connectivity index (χ2n) is 5.56. The summed E-state index contributed by atoms with van der Waals surface area (Å²) in [6.45, 7) is 3.42. The minimum atomic E-state index is 0.0757. The number of hydrogen-bond acceptors (Lipinski definition) is 2. The number of carbonyl (C=O) groups excluding carboxylic acids is 1. The van der Waals surface area contributed by atoms with Crippen molar-refractivity contribution in [2.24, 2.45) is 0 Å². The lowest BCUT2D eigenvalue weighted by Crippen LogP contribution is -2.30. The maximum Gasteiger partial charge on any atom is 0.221 e. The third-order valence-corrected chi connectivity index (χ3v) is 4.00. The van der Waals surface area contributed by atoms with Gasteiger partial charge in [-0.15, -0.1) is 0 Å². The lowest BCUT2D eigenvalue weighted by molar-refractivity contribution is -0.120. The number of halogens is 1. The molecule has 0 aliphatic heterocycles. The van der Waals surface area contributed by atoms with Crippen molar-refractivity contribution in [3.8, 4) is 0 Å². The smallest absolute Gasteiger partial charge is 0.221 e. The molecule has 0 aromatic heterocycles. The van der Waals surface area contributed by atoms with Crippen molar-refractivity contribution in [3.05, 3.63) is 70.7 Å². The van der Waals surface area contributed by atoms with Crippen LogP contribution in [-0.4, -0.2) is 19.0 Å². The lowest BCUT2D eigenvalue weighted by Gasteiger charge is -2.14. The van der Waals surface area contributed by atoms with Gasteiger partial charge in [0.05, 0.1) is 0 Å². The molecule has 1 atom stereocenters. The van der Waals surface area contributed by atoms with Gasteiger partial charge < -0.3 is 10.6 Å². The van der Waals surface area contributed by atoms with Crippen LogP contribution in [0, 0.1) is 0 Å². The molecule has 23 heavy (non-hydrogen) atoms. The fourth-order valence-electron chi connectivity index (χ4n) is 2.35. The third-order valence-electron chi connectivity index (χ3n) is 3.75. The Kier molecular flexibility index (Phi) is 7.11. The molecule has 1 unspecified atom stereocenters. The summed E-state index contributed by atoms with van der Waals surface area (Å²) in [6, 6.07) is 18.2. The van der Waals surface area contributed by atoms with Gasteiger partial charge in [0.15, 0.2) is 0 Å². The van der Waals surface area contributed by atoms with Crippen LogP contribution in [0.3, 0.4) is 0 Å². The first-order valence-electron chi connectivity index (χ1n) is 7.94. The molecule has 2 rings (SSSR count). The van der Waals surface area contributed by atoms with Crippen molar-refractivity contribution in [1.29, 1.82) is 0 Å². The first-order valence-corrected chi connectivity index (χ1v) is 8.32. The maximum atomic E-state index is 11.8. The highest BCUT2D eigenvalue weighted by Gasteiger charge is 2.05. The normalized spacial score (nSPS) is 11.9. The van der Waals surface area contributed by atoms with Crippen LogP contribution in [0.25, 0.3) is 0 Å². The zero-order valence-electron chi connectivity index (χ0n) is 13.4. The molecule has 2 aromatic carbocycles. The fraction of sp³-hybridized carbons (Fsp3) is 0.316. The third kappa shape index (κ3) is 6.43. The van der Waals surface area contributed by atoms with Crippen molar-refractivity contribution < 1.29 is 4.79 Å². The van der Waals surface area contributed by atoms with E-state index >= 15 is 0 Å². The summed E-state index contributed by atoms with van der Waals surface area (Å²) >= 11 is 5.85. The van der Waals surface area contributed by atoms with E-state index in [2.05, 4.69) is 29.7 Å². The van der Waals surface area contributed by atoms with Crippen LogP contribution in [0.5, 0.6) is 0 Å². The SMILES string of the molecule is CC(NCCC(=O)NCCc1ccc(Cl)cc1)c1ccccc1. The number of amides is 1. The molecular weight excluding hydrogens is 308 g/mol. The molecule has 0 saturated carbocycles. The molecule has 0 radical (unpaired) electrons. The van der Waals surface area contributed by atoms with E-state index in [0.717, 1.165) is 11.4 Å². The zero-order chi connectivity index (χ0) is 16.5. The van der Waals surface area contributed by atoms with Gasteiger partial charge in [-0.1, -0.05) is 54.1 Å². The van der Waals surface area contributed by atoms with E-state index < -0.39 is 0 Å². The molecular formula is C19H23ClN2O. The number of carbonyl (C=O) groups is 1. The van der Waals surface area contributed by atoms with Crippen molar-refractivity contribution in [2.45, 2.75) is 25.8 Å². The van der Waals surface area contributed by atoms with Gasteiger partial charge in [0.2, 0.25) is 5.91 Å². The van der Waals surface area contributed by atoms with E-state index in [9.17, 15) is 4.79 Å². The van der Waals surface area contributed by atoms with Crippen molar-refractivity contribution >= 4 is 17.5 Å². The molecule has 0 fully saturated rings. The first kappa shape index (κ1) is 17.5. The van der Waals surface area contributed by atoms with E-state index in [1.54, 1.807) is 0 Å². The average Bonchev–Trinajstić information content (AvgIpc) is 2.57. The summed E-state index contributed by atoms with van der Waals surface area (Å²) in [5, 5.41) is 7.05. The largest absolute Gasteiger partial charge is 0.356 e. The van der Waals surface area contributed by atoms with E-state index in [1.165, 1.54) is 11.1 Å². The second kappa shape index (κ2) is 9.33. The van der Waals surface area contributed by atoms with Crippen LogP contribution in [0.15, 0.2) is 54.6 Å². The standard InChI is InChI=1S/C19H23ClN2O/c1-15(17-5-3-2-4-6-17)21-14-12-19(23)22-13-11-16-7-9-18(20)10-8-16/h2-10,15,21H,11-14H2,1H3,(H,22,23). The molecule has 0 heterocycles. The van der Waals surface area contributed by atoms with Crippen molar-refractivity contribution in [3.63, 3.8) is 0 Å². The van der Waals surface area contributed by atoms with Gasteiger partial charge in [-0.2, -0.15) is 0 Å². The lowest BCUT2D eigenvalue weighted by atomic mass is 10.1. The van der Waals surface area contributed by atoms with Gasteiger partial charge in [0, 0.05) is 30.6 Å². The van der Waals surface area contributed by atoms with E-state index in [0.29, 0.717) is 19.5 Å². The van der Waals surface area contributed by atoms with Crippen LogP contribution >= 0.6 is 11.6 Å². The summed E-state index contributed by atoms with van der Waals surface area (Å²) in [6.07, 6.45) is 1.30. The number of rotatable bonds is 8. The Bertz CT molecular complexity index is 599. The van der Waals surface area contributed by atoms with E-state index in [1.807, 2.05) is 42.5 Å². The zero-order valence-corrected chi connectivity index (χ0v) is 14.1. The van der Waals surface area contributed by atoms with Crippen LogP contribution < -0.4 is 10.6 Å². The summed E-state index contributed by atoms with van der Waals surface area (Å²) < 4.78 is 0. The molecule has 122 valence electrons. The predicted octanol–water partition coefficient (Wildman–Crippen LogP) is 3.74. The number of benzene rings is 2. The minimum Gasteiger partial charge on any atom is -0.356 e. The van der Waals surface area contributed by atoms with Gasteiger partial charge >= 0.3 is 0 Å². The van der Waals surface area contributed by atoms with Gasteiger partial charge in [-0.3, -0.25) is 4.79 Å². The van der Waals surface area contributed by atoms with Crippen molar-refractivity contribution in [2.75, 3.05) is 13.1 Å². The Morgan fingerprint density at radius 3 is 2.43 bits per heavy atom. The molecule has 2 aromatic rings. The summed E-state index contributed by atoms with van der Waals surface area (Å²) in [5.41, 5.74) is 2.40. The van der Waals surface area contributed by atoms with E-state index in [-0.39, 0.29) is 11.9 Å². The summed E-state index contributed by atoms with van der Waals surface area (Å²) in [7, 11) is 0. The van der Waals surface area contributed by atoms with Crippen LogP contribution in [0.1, 0.15) is 30.5 Å². The Hall–Kier alpha value is -1.84. The van der Waals surface area contributed by atoms with E-state index in [4.69, 9.17) is 11.6 Å². The monoisotopic (exact) mass is 330 g/mol. The maximum absolute atomic E-state index is 11.8. The molecule has 3 nitrogen and oxygen atoms in total. The highest BCUT2D eigenvalue weighted by Crippen LogP contribution is 2.11. The predicted molar refractivity (Wildman–Crippen MR) is 95.6 cm³/mol. The summed E-state index contributed by atoms with van der Waals surface area (Å²) in [5.74, 6) is 0.0757. The quantitative estimate of drug-likeness (QED) is 0.774. The van der Waals surface area contributed by atoms with Crippen molar-refractivity contribution in [1.82, 2.24) is 10.6 Å². The van der Waals surface area contributed by atoms with Crippen LogP contribution in [-0.2, 0) is 11.2 Å². The first-order chi connectivity index (χ1) is 11.1. The minimum absolute atomic E-state index is 0.0757. The molecule has 4 heteroatoms. The second-order valence-corrected chi connectivity index (χ2v) is 6.00. The number of hydrogen-bond donors (Lipinski definition) is 2. The Morgan fingerprint density at radius 2 is 1.74 bits per heavy atom. The molecule has 0 aliphatic carbocycles. The topological polar surface area (TPSA) is 41.1 Å². The van der Waals surface area contributed by atoms with Gasteiger partial charge in [0.25, 0.3) is 0 Å². The van der Waals surface area contributed by atoms with Gasteiger partial charge in [-0.25, -0.2) is 0 Å². The highest BCUT2D eigenvalue weighted by atomic mass is 35.5. The highest BCUT2D eigenvalue weighted by molar-refractivity contribution is 6.30. The molecule has 1 amide bonds. The van der Waals surface area contributed by atoms with Gasteiger partial charge in [-0.05, 0) is 36.6 Å². The van der Waals surface area contributed by atoms with Crippen LogP contribution in [0.4, 0.5) is 0 Å². The van der Waals surface area contributed by atoms with Crippen LogP contribution in [0.2, 0.25) is 5.02 Å². The number of nitrogens with one attached hydrogen (secondary N) is 2. The molecule has 0 bridgehead atoms. The summed E-state index contributed by atoms with van der Waals surface area (Å²) in [4.78, 5) is 11.8. The Balaban J connectivity index is 1.61. The molecule has 0 saturated heterocycles. The molecule has 0 spiro atoms. The van der Waals surface area contributed by atoms with Gasteiger partial charge in [0.1, 0.15) is 0 Å². The Labute approximate surface area is 143 Å². The molecule has 0 aliphatic rings. The molecule has 2 N–H and O–H groups in total. The Morgan fingerprint density at radius 1 is 1.04 bits per heavy atom. The fourth-order valence-corrected chi connectivity index (χ4v) is 2.47. The average molecular weight is 331 g/mol.